The Morgan fingerprint density at radius 2 is 1.93 bits per heavy atom. The highest BCUT2D eigenvalue weighted by molar-refractivity contribution is 5.95. The maximum Gasteiger partial charge on any atom is 0.317 e. The van der Waals surface area contributed by atoms with Crippen LogP contribution in [-0.2, 0) is 4.74 Å². The van der Waals surface area contributed by atoms with Gasteiger partial charge in [-0.2, -0.15) is 0 Å². The van der Waals surface area contributed by atoms with E-state index in [0.29, 0.717) is 49.8 Å². The Hall–Kier alpha value is -2.52. The fraction of sp³-hybridized carbons (Fsp3) is 0.619. The number of rotatable bonds is 4. The molecule has 1 atom stereocenters. The molecule has 0 saturated carbocycles. The normalized spacial score (nSPS) is 22.0. The highest BCUT2D eigenvalue weighted by Gasteiger charge is 2.28. The second-order valence-corrected chi connectivity index (χ2v) is 7.79. The molecule has 3 heterocycles. The number of benzene rings is 1. The van der Waals surface area contributed by atoms with Gasteiger partial charge in [-0.1, -0.05) is 0 Å². The van der Waals surface area contributed by atoms with Crippen LogP contribution in [0.3, 0.4) is 0 Å². The Bertz CT molecular complexity index is 774. The van der Waals surface area contributed by atoms with Crippen molar-refractivity contribution >= 4 is 11.9 Å². The second kappa shape index (κ2) is 9.53. The highest BCUT2D eigenvalue weighted by atomic mass is 16.7. The molecular formula is C21H30N4O5. The van der Waals surface area contributed by atoms with Crippen LogP contribution in [-0.4, -0.2) is 98.5 Å². The Morgan fingerprint density at radius 3 is 2.80 bits per heavy atom. The van der Waals surface area contributed by atoms with Crippen LogP contribution in [0.5, 0.6) is 11.5 Å². The summed E-state index contributed by atoms with van der Waals surface area (Å²) in [6.45, 7) is 8.38. The van der Waals surface area contributed by atoms with Crippen molar-refractivity contribution in [1.82, 2.24) is 20.0 Å². The van der Waals surface area contributed by atoms with Crippen molar-refractivity contribution in [2.75, 3.05) is 65.8 Å². The molecule has 1 N–H and O–H groups in total. The van der Waals surface area contributed by atoms with Gasteiger partial charge in [0, 0.05) is 51.4 Å². The van der Waals surface area contributed by atoms with Crippen LogP contribution < -0.4 is 14.8 Å². The lowest BCUT2D eigenvalue weighted by atomic mass is 10.1. The lowest BCUT2D eigenvalue weighted by molar-refractivity contribution is -0.0298. The van der Waals surface area contributed by atoms with E-state index in [-0.39, 0.29) is 24.8 Å². The van der Waals surface area contributed by atoms with Gasteiger partial charge in [0.15, 0.2) is 11.5 Å². The van der Waals surface area contributed by atoms with Gasteiger partial charge in [-0.25, -0.2) is 4.79 Å². The summed E-state index contributed by atoms with van der Waals surface area (Å²) in [5, 5.41) is 2.86. The molecule has 9 heteroatoms. The summed E-state index contributed by atoms with van der Waals surface area (Å²) in [7, 11) is 0. The maximum atomic E-state index is 13.0. The molecule has 0 unspecified atom stereocenters. The van der Waals surface area contributed by atoms with Gasteiger partial charge in [0.2, 0.25) is 6.79 Å². The number of nitrogens with one attached hydrogen (secondary N) is 1. The number of urea groups is 1. The zero-order valence-electron chi connectivity index (χ0n) is 17.5. The first kappa shape index (κ1) is 20.7. The van der Waals surface area contributed by atoms with E-state index in [1.807, 2.05) is 16.7 Å². The van der Waals surface area contributed by atoms with Crippen molar-refractivity contribution in [3.63, 3.8) is 0 Å². The molecule has 0 spiro atoms. The molecule has 1 aromatic carbocycles. The number of ether oxygens (including phenoxy) is 3. The van der Waals surface area contributed by atoms with Crippen LogP contribution in [0.1, 0.15) is 23.7 Å². The fourth-order valence-corrected chi connectivity index (χ4v) is 4.13. The molecule has 4 rings (SSSR count). The van der Waals surface area contributed by atoms with Crippen LogP contribution in [0.4, 0.5) is 4.79 Å². The van der Waals surface area contributed by atoms with E-state index in [1.165, 1.54) is 0 Å². The van der Waals surface area contributed by atoms with Gasteiger partial charge in [0.1, 0.15) is 0 Å². The zero-order chi connectivity index (χ0) is 20.9. The lowest BCUT2D eigenvalue weighted by Gasteiger charge is -2.35. The van der Waals surface area contributed by atoms with Crippen molar-refractivity contribution in [3.8, 4) is 11.5 Å². The Labute approximate surface area is 176 Å². The summed E-state index contributed by atoms with van der Waals surface area (Å²) >= 11 is 0. The number of nitrogens with zero attached hydrogens (tertiary/aromatic N) is 3. The number of amides is 3. The van der Waals surface area contributed by atoms with Crippen molar-refractivity contribution in [2.24, 2.45) is 0 Å². The predicted octanol–water partition coefficient (Wildman–Crippen LogP) is 0.994. The summed E-state index contributed by atoms with van der Waals surface area (Å²) < 4.78 is 16.6. The van der Waals surface area contributed by atoms with Crippen LogP contribution in [0, 0.1) is 0 Å². The van der Waals surface area contributed by atoms with Crippen LogP contribution in [0.15, 0.2) is 18.2 Å². The second-order valence-electron chi connectivity index (χ2n) is 7.79. The number of hydrogen-bond donors (Lipinski definition) is 1. The fourth-order valence-electron chi connectivity index (χ4n) is 4.13. The van der Waals surface area contributed by atoms with Crippen LogP contribution >= 0.6 is 0 Å². The first-order valence-corrected chi connectivity index (χ1v) is 10.7. The van der Waals surface area contributed by atoms with E-state index in [4.69, 9.17) is 14.2 Å². The average molecular weight is 418 g/mol. The van der Waals surface area contributed by atoms with Crippen LogP contribution in [0.25, 0.3) is 0 Å². The minimum absolute atomic E-state index is 0.00235. The Morgan fingerprint density at radius 1 is 1.07 bits per heavy atom. The third-order valence-corrected chi connectivity index (χ3v) is 5.71. The summed E-state index contributed by atoms with van der Waals surface area (Å²) in [6.07, 6.45) is 0.903. The van der Waals surface area contributed by atoms with E-state index < -0.39 is 0 Å². The molecule has 30 heavy (non-hydrogen) atoms. The van der Waals surface area contributed by atoms with Crippen molar-refractivity contribution < 1.29 is 23.8 Å². The quantitative estimate of drug-likeness (QED) is 0.785. The maximum absolute atomic E-state index is 13.0. The van der Waals surface area contributed by atoms with Crippen molar-refractivity contribution in [1.29, 1.82) is 0 Å². The Kier molecular flexibility index (Phi) is 6.59. The van der Waals surface area contributed by atoms with Crippen molar-refractivity contribution in [3.05, 3.63) is 23.8 Å². The third-order valence-electron chi connectivity index (χ3n) is 5.71. The molecule has 164 valence electrons. The van der Waals surface area contributed by atoms with Gasteiger partial charge < -0.3 is 29.3 Å². The van der Waals surface area contributed by atoms with Gasteiger partial charge in [0.25, 0.3) is 5.91 Å². The van der Waals surface area contributed by atoms with E-state index in [1.54, 1.807) is 18.2 Å². The monoisotopic (exact) mass is 418 g/mol. The highest BCUT2D eigenvalue weighted by Crippen LogP contribution is 2.32. The first-order chi connectivity index (χ1) is 14.6. The first-order valence-electron chi connectivity index (χ1n) is 10.7. The number of hydrogen-bond acceptors (Lipinski definition) is 6. The standard InChI is InChI=1S/C21H30N4O5/c1-2-22-21(27)25-10-11-28-17(14-25)13-23-6-3-7-24(9-8-23)20(26)16-4-5-18-19(12-16)30-15-29-18/h4-5,12,17H,2-3,6-11,13-15H2,1H3,(H,22,27)/t17-/m0/s1. The molecule has 0 aromatic heterocycles. The summed E-state index contributed by atoms with van der Waals surface area (Å²) in [4.78, 5) is 31.1. The van der Waals surface area contributed by atoms with Crippen LogP contribution in [0.2, 0.25) is 0 Å². The smallest absolute Gasteiger partial charge is 0.317 e. The molecule has 1 aromatic rings. The lowest BCUT2D eigenvalue weighted by Crippen LogP contribution is -2.52. The van der Waals surface area contributed by atoms with E-state index in [2.05, 4.69) is 10.2 Å². The minimum atomic E-state index is -0.0258. The molecule has 0 bridgehead atoms. The molecule has 0 aliphatic carbocycles. The van der Waals surface area contributed by atoms with E-state index in [9.17, 15) is 9.59 Å². The van der Waals surface area contributed by atoms with E-state index >= 15 is 0 Å². The molecule has 3 aliphatic rings. The largest absolute Gasteiger partial charge is 0.454 e. The average Bonchev–Trinajstić information content (AvgIpc) is 3.11. The zero-order valence-corrected chi connectivity index (χ0v) is 17.5. The molecule has 3 amide bonds. The molecule has 2 fully saturated rings. The number of carbonyl (C=O) groups is 2. The summed E-state index contributed by atoms with van der Waals surface area (Å²) in [6, 6.07) is 5.33. The SMILES string of the molecule is CCNC(=O)N1CCO[C@@H](CN2CCCN(C(=O)c3ccc4c(c3)OCO4)CC2)C1. The molecule has 9 nitrogen and oxygen atoms in total. The van der Waals surface area contributed by atoms with Gasteiger partial charge in [-0.15, -0.1) is 0 Å². The van der Waals surface area contributed by atoms with Gasteiger partial charge in [-0.05, 0) is 38.1 Å². The number of morpholine rings is 1. The predicted molar refractivity (Wildman–Crippen MR) is 110 cm³/mol. The molecule has 0 radical (unpaired) electrons. The summed E-state index contributed by atoms with van der Waals surface area (Å²) in [5.41, 5.74) is 0.626. The molecule has 3 aliphatic heterocycles. The molecular weight excluding hydrogens is 388 g/mol. The number of fused-ring (bicyclic) bond motifs is 1. The van der Waals surface area contributed by atoms with Gasteiger partial charge in [0.05, 0.1) is 12.7 Å². The van der Waals surface area contributed by atoms with Gasteiger partial charge in [-0.3, -0.25) is 9.69 Å². The van der Waals surface area contributed by atoms with Crippen molar-refractivity contribution in [2.45, 2.75) is 19.4 Å². The third kappa shape index (κ3) is 4.79. The molecule has 2 saturated heterocycles. The topological polar surface area (TPSA) is 83.6 Å². The minimum Gasteiger partial charge on any atom is -0.454 e. The summed E-state index contributed by atoms with van der Waals surface area (Å²) in [5.74, 6) is 1.33. The Balaban J connectivity index is 1.29. The van der Waals surface area contributed by atoms with Gasteiger partial charge >= 0.3 is 6.03 Å². The van der Waals surface area contributed by atoms with E-state index in [0.717, 1.165) is 32.6 Å². The number of carbonyl (C=O) groups excluding carboxylic acids is 2.